The van der Waals surface area contributed by atoms with Crippen molar-refractivity contribution in [3.8, 4) is 0 Å². The van der Waals surface area contributed by atoms with E-state index in [-0.39, 0.29) is 0 Å². The summed E-state index contributed by atoms with van der Waals surface area (Å²) in [4.78, 5) is 2.38. The maximum Gasteiger partial charge on any atom is 0.0426 e. The second-order valence-corrected chi connectivity index (χ2v) is 4.82. The summed E-state index contributed by atoms with van der Waals surface area (Å²) in [6.07, 6.45) is 6.79. The standard InChI is InChI=1S/C13H18ClN/c1-15(12-7-3-2-4-8-12)13-9-5-6-11(14)10-13/h5-6,9-10,12H,2-4,7-8H2,1H3. The minimum Gasteiger partial charge on any atom is -0.372 e. The molecule has 0 saturated heterocycles. The lowest BCUT2D eigenvalue weighted by atomic mass is 9.94. The van der Waals surface area contributed by atoms with Gasteiger partial charge in [0.15, 0.2) is 0 Å². The van der Waals surface area contributed by atoms with Crippen LogP contribution < -0.4 is 4.90 Å². The van der Waals surface area contributed by atoms with E-state index in [1.54, 1.807) is 0 Å². The Kier molecular flexibility index (Phi) is 3.53. The van der Waals surface area contributed by atoms with Crippen molar-refractivity contribution in [3.05, 3.63) is 29.3 Å². The summed E-state index contributed by atoms with van der Waals surface area (Å²) in [5.41, 5.74) is 1.24. The van der Waals surface area contributed by atoms with Crippen LogP contribution in [0.1, 0.15) is 32.1 Å². The van der Waals surface area contributed by atoms with E-state index < -0.39 is 0 Å². The molecule has 15 heavy (non-hydrogen) atoms. The summed E-state index contributed by atoms with van der Waals surface area (Å²) in [6, 6.07) is 8.85. The summed E-state index contributed by atoms with van der Waals surface area (Å²) < 4.78 is 0. The van der Waals surface area contributed by atoms with E-state index in [1.165, 1.54) is 37.8 Å². The molecule has 0 N–H and O–H groups in total. The summed E-state index contributed by atoms with van der Waals surface area (Å²) in [6.45, 7) is 0. The lowest BCUT2D eigenvalue weighted by molar-refractivity contribution is 0.427. The zero-order valence-corrected chi connectivity index (χ0v) is 10.0. The number of halogens is 1. The van der Waals surface area contributed by atoms with Crippen LogP contribution in [0.15, 0.2) is 24.3 Å². The van der Waals surface area contributed by atoms with Crippen molar-refractivity contribution in [2.24, 2.45) is 0 Å². The molecule has 0 aromatic heterocycles. The van der Waals surface area contributed by atoms with Crippen LogP contribution in [0, 0.1) is 0 Å². The second kappa shape index (κ2) is 4.89. The van der Waals surface area contributed by atoms with E-state index in [4.69, 9.17) is 11.6 Å². The van der Waals surface area contributed by atoms with Gasteiger partial charge in [0.25, 0.3) is 0 Å². The molecule has 0 atom stereocenters. The van der Waals surface area contributed by atoms with Crippen molar-refractivity contribution in [3.63, 3.8) is 0 Å². The minimum absolute atomic E-state index is 0.706. The fourth-order valence-electron chi connectivity index (χ4n) is 2.37. The monoisotopic (exact) mass is 223 g/mol. The summed E-state index contributed by atoms with van der Waals surface area (Å²) in [5.74, 6) is 0. The quantitative estimate of drug-likeness (QED) is 0.730. The van der Waals surface area contributed by atoms with Gasteiger partial charge in [0.1, 0.15) is 0 Å². The van der Waals surface area contributed by atoms with Crippen LogP contribution in [0.5, 0.6) is 0 Å². The lowest BCUT2D eigenvalue weighted by Crippen LogP contribution is -2.33. The molecule has 1 nitrogen and oxygen atoms in total. The normalized spacial score (nSPS) is 17.7. The molecule has 2 rings (SSSR count). The Morgan fingerprint density at radius 3 is 2.60 bits per heavy atom. The van der Waals surface area contributed by atoms with Gasteiger partial charge in [0, 0.05) is 23.8 Å². The average Bonchev–Trinajstić information content (AvgIpc) is 2.29. The topological polar surface area (TPSA) is 3.24 Å². The maximum absolute atomic E-state index is 6.00. The number of hydrogen-bond acceptors (Lipinski definition) is 1. The molecule has 1 saturated carbocycles. The van der Waals surface area contributed by atoms with Gasteiger partial charge in [0.2, 0.25) is 0 Å². The first-order valence-electron chi connectivity index (χ1n) is 5.76. The van der Waals surface area contributed by atoms with Crippen molar-refractivity contribution in [2.75, 3.05) is 11.9 Å². The molecular formula is C13H18ClN. The Hall–Kier alpha value is -0.690. The van der Waals surface area contributed by atoms with Gasteiger partial charge in [-0.3, -0.25) is 0 Å². The van der Waals surface area contributed by atoms with Gasteiger partial charge in [-0.05, 0) is 31.0 Å². The molecule has 0 aliphatic heterocycles. The molecule has 0 bridgehead atoms. The molecule has 82 valence electrons. The summed E-state index contributed by atoms with van der Waals surface area (Å²) >= 11 is 6.00. The molecule has 0 radical (unpaired) electrons. The number of hydrogen-bond donors (Lipinski definition) is 0. The van der Waals surface area contributed by atoms with Crippen molar-refractivity contribution in [2.45, 2.75) is 38.1 Å². The van der Waals surface area contributed by atoms with E-state index in [1.807, 2.05) is 12.1 Å². The Bertz CT molecular complexity index is 318. The SMILES string of the molecule is CN(c1cccc(Cl)c1)C1CCCCC1. The minimum atomic E-state index is 0.706. The molecule has 1 aromatic rings. The molecule has 2 heteroatoms. The first-order chi connectivity index (χ1) is 7.27. The summed E-state index contributed by atoms with van der Waals surface area (Å²) in [5, 5.41) is 0.829. The van der Waals surface area contributed by atoms with Crippen molar-refractivity contribution >= 4 is 17.3 Å². The van der Waals surface area contributed by atoms with Crippen molar-refractivity contribution in [1.29, 1.82) is 0 Å². The average molecular weight is 224 g/mol. The summed E-state index contributed by atoms with van der Waals surface area (Å²) in [7, 11) is 2.18. The fraction of sp³-hybridized carbons (Fsp3) is 0.538. The highest BCUT2D eigenvalue weighted by Gasteiger charge is 2.18. The third-order valence-corrected chi connectivity index (χ3v) is 3.57. The first kappa shape index (κ1) is 10.8. The highest BCUT2D eigenvalue weighted by atomic mass is 35.5. The first-order valence-corrected chi connectivity index (χ1v) is 6.13. The number of anilines is 1. The Balaban J connectivity index is 2.08. The van der Waals surface area contributed by atoms with Gasteiger partial charge in [0.05, 0.1) is 0 Å². The molecule has 1 aliphatic rings. The van der Waals surface area contributed by atoms with Gasteiger partial charge >= 0.3 is 0 Å². The number of nitrogens with zero attached hydrogens (tertiary/aromatic N) is 1. The zero-order chi connectivity index (χ0) is 10.7. The number of rotatable bonds is 2. The molecule has 1 fully saturated rings. The molecule has 0 amide bonds. The van der Waals surface area contributed by atoms with Crippen LogP contribution in [0.2, 0.25) is 5.02 Å². The molecule has 0 heterocycles. The molecule has 1 aromatic carbocycles. The molecule has 1 aliphatic carbocycles. The fourth-order valence-corrected chi connectivity index (χ4v) is 2.56. The number of benzene rings is 1. The van der Waals surface area contributed by atoms with Gasteiger partial charge in [-0.2, -0.15) is 0 Å². The third-order valence-electron chi connectivity index (χ3n) is 3.34. The molecule has 0 spiro atoms. The van der Waals surface area contributed by atoms with Crippen LogP contribution in [0.3, 0.4) is 0 Å². The maximum atomic E-state index is 6.00. The van der Waals surface area contributed by atoms with Gasteiger partial charge in [-0.15, -0.1) is 0 Å². The second-order valence-electron chi connectivity index (χ2n) is 4.38. The van der Waals surface area contributed by atoms with Crippen molar-refractivity contribution < 1.29 is 0 Å². The van der Waals surface area contributed by atoms with E-state index in [0.29, 0.717) is 6.04 Å². The van der Waals surface area contributed by atoms with Gasteiger partial charge in [-0.1, -0.05) is 36.9 Å². The lowest BCUT2D eigenvalue weighted by Gasteiger charge is -2.33. The van der Waals surface area contributed by atoms with E-state index >= 15 is 0 Å². The van der Waals surface area contributed by atoms with Crippen LogP contribution in [0.25, 0.3) is 0 Å². The zero-order valence-electron chi connectivity index (χ0n) is 9.25. The third kappa shape index (κ3) is 2.66. The Labute approximate surface area is 97.0 Å². The van der Waals surface area contributed by atoms with Crippen LogP contribution in [-0.4, -0.2) is 13.1 Å². The van der Waals surface area contributed by atoms with Crippen LogP contribution in [-0.2, 0) is 0 Å². The van der Waals surface area contributed by atoms with Crippen LogP contribution in [0.4, 0.5) is 5.69 Å². The molecule has 0 unspecified atom stereocenters. The Morgan fingerprint density at radius 2 is 1.93 bits per heavy atom. The predicted octanol–water partition coefficient (Wildman–Crippen LogP) is 4.11. The van der Waals surface area contributed by atoms with E-state index in [2.05, 4.69) is 24.1 Å². The smallest absolute Gasteiger partial charge is 0.0426 e. The van der Waals surface area contributed by atoms with Crippen molar-refractivity contribution in [1.82, 2.24) is 0 Å². The predicted molar refractivity (Wildman–Crippen MR) is 66.7 cm³/mol. The molecular weight excluding hydrogens is 206 g/mol. The van der Waals surface area contributed by atoms with Gasteiger partial charge in [-0.25, -0.2) is 0 Å². The van der Waals surface area contributed by atoms with Crippen LogP contribution >= 0.6 is 11.6 Å². The Morgan fingerprint density at radius 1 is 1.20 bits per heavy atom. The van der Waals surface area contributed by atoms with Gasteiger partial charge < -0.3 is 4.90 Å². The largest absolute Gasteiger partial charge is 0.372 e. The van der Waals surface area contributed by atoms with E-state index in [0.717, 1.165) is 5.02 Å². The van der Waals surface area contributed by atoms with E-state index in [9.17, 15) is 0 Å². The highest BCUT2D eigenvalue weighted by Crippen LogP contribution is 2.27. The highest BCUT2D eigenvalue weighted by molar-refractivity contribution is 6.30.